The molecule has 0 atom stereocenters. The van der Waals surface area contributed by atoms with Crippen molar-refractivity contribution in [2.24, 2.45) is 0 Å². The van der Waals surface area contributed by atoms with Crippen LogP contribution in [0, 0.1) is 0 Å². The van der Waals surface area contributed by atoms with E-state index in [0.29, 0.717) is 0 Å². The van der Waals surface area contributed by atoms with E-state index < -0.39 is 0 Å². The Morgan fingerprint density at radius 2 is 2.10 bits per heavy atom. The molecule has 1 aromatic rings. The molecule has 0 aliphatic heterocycles. The summed E-state index contributed by atoms with van der Waals surface area (Å²) in [5.41, 5.74) is 0. The topological polar surface area (TPSA) is 0 Å². The van der Waals surface area contributed by atoms with Crippen molar-refractivity contribution >= 4 is 27.3 Å². The summed E-state index contributed by atoms with van der Waals surface area (Å²) < 4.78 is 0. The van der Waals surface area contributed by atoms with Crippen LogP contribution in [0.1, 0.15) is 23.1 Å². The van der Waals surface area contributed by atoms with Gasteiger partial charge in [0, 0.05) is 15.1 Å². The van der Waals surface area contributed by atoms with Crippen LogP contribution in [0.15, 0.2) is 12.1 Å². The van der Waals surface area contributed by atoms with Gasteiger partial charge in [-0.2, -0.15) is 0 Å². The molecule has 1 rings (SSSR count). The molecule has 0 radical (unpaired) electrons. The molecule has 56 valence electrons. The Kier molecular flexibility index (Phi) is 3.43. The van der Waals surface area contributed by atoms with Crippen molar-refractivity contribution in [3.8, 4) is 0 Å². The highest BCUT2D eigenvalue weighted by Gasteiger charge is 1.95. The fourth-order valence-corrected chi connectivity index (χ4v) is 2.37. The zero-order valence-corrected chi connectivity index (χ0v) is 8.46. The Morgan fingerprint density at radius 1 is 1.40 bits per heavy atom. The van der Waals surface area contributed by atoms with E-state index in [9.17, 15) is 0 Å². The highest BCUT2D eigenvalue weighted by molar-refractivity contribution is 9.08. The van der Waals surface area contributed by atoms with Gasteiger partial charge in [-0.3, -0.25) is 0 Å². The Morgan fingerprint density at radius 3 is 2.60 bits per heavy atom. The Bertz CT molecular complexity index is 193. The normalized spacial score (nSPS) is 10.2. The molecule has 0 saturated carbocycles. The van der Waals surface area contributed by atoms with Crippen LogP contribution in [0.25, 0.3) is 0 Å². The van der Waals surface area contributed by atoms with Crippen LogP contribution < -0.4 is 0 Å². The number of hydrogen-bond acceptors (Lipinski definition) is 1. The minimum Gasteiger partial charge on any atom is -0.145 e. The Labute approximate surface area is 74.4 Å². The fourth-order valence-electron chi connectivity index (χ4n) is 0.875. The predicted molar refractivity (Wildman–Crippen MR) is 50.9 cm³/mol. The van der Waals surface area contributed by atoms with Crippen molar-refractivity contribution in [1.29, 1.82) is 0 Å². The van der Waals surface area contributed by atoms with Crippen molar-refractivity contribution in [3.05, 3.63) is 21.9 Å². The lowest BCUT2D eigenvalue weighted by Gasteiger charge is -1.87. The second-order valence-corrected chi connectivity index (χ2v) is 4.07. The molecular weight excluding hydrogens is 208 g/mol. The van der Waals surface area contributed by atoms with Crippen LogP contribution in [0.5, 0.6) is 0 Å². The van der Waals surface area contributed by atoms with Crippen LogP contribution in [0.4, 0.5) is 0 Å². The summed E-state index contributed by atoms with van der Waals surface area (Å²) in [5, 5.41) is 1.00. The molecule has 0 bridgehead atoms. The fraction of sp³-hybridized carbons (Fsp3) is 0.500. The third-order valence-electron chi connectivity index (χ3n) is 1.35. The van der Waals surface area contributed by atoms with E-state index in [4.69, 9.17) is 0 Å². The molecule has 0 saturated heterocycles. The first-order valence-electron chi connectivity index (χ1n) is 3.50. The smallest absolute Gasteiger partial charge is 0.0377 e. The summed E-state index contributed by atoms with van der Waals surface area (Å²) >= 11 is 5.34. The first kappa shape index (κ1) is 8.28. The standard InChI is InChI=1S/C8H11BrS/c1-2-3-7-4-5-8(6-9)10-7/h4-5H,2-3,6H2,1H3. The van der Waals surface area contributed by atoms with Crippen molar-refractivity contribution < 1.29 is 0 Å². The second kappa shape index (κ2) is 4.14. The van der Waals surface area contributed by atoms with E-state index in [2.05, 4.69) is 35.0 Å². The van der Waals surface area contributed by atoms with E-state index in [1.165, 1.54) is 22.6 Å². The average molecular weight is 219 g/mol. The molecule has 0 fully saturated rings. The lowest BCUT2D eigenvalue weighted by atomic mass is 10.3. The van der Waals surface area contributed by atoms with Gasteiger partial charge in [-0.15, -0.1) is 11.3 Å². The van der Waals surface area contributed by atoms with E-state index in [1.807, 2.05) is 11.3 Å². The number of alkyl halides is 1. The number of rotatable bonds is 3. The van der Waals surface area contributed by atoms with Crippen LogP contribution in [0.2, 0.25) is 0 Å². The minimum absolute atomic E-state index is 1.00. The van der Waals surface area contributed by atoms with Gasteiger partial charge in [0.25, 0.3) is 0 Å². The van der Waals surface area contributed by atoms with Gasteiger partial charge in [0.1, 0.15) is 0 Å². The van der Waals surface area contributed by atoms with E-state index >= 15 is 0 Å². The van der Waals surface area contributed by atoms with Gasteiger partial charge < -0.3 is 0 Å². The second-order valence-electron chi connectivity index (χ2n) is 2.25. The van der Waals surface area contributed by atoms with Crippen molar-refractivity contribution in [1.82, 2.24) is 0 Å². The maximum absolute atomic E-state index is 3.43. The van der Waals surface area contributed by atoms with Crippen LogP contribution in [-0.2, 0) is 11.8 Å². The molecule has 0 aromatic carbocycles. The summed E-state index contributed by atoms with van der Waals surface area (Å²) in [6.45, 7) is 2.22. The van der Waals surface area contributed by atoms with Gasteiger partial charge in [0.05, 0.1) is 0 Å². The number of hydrogen-bond donors (Lipinski definition) is 0. The molecule has 10 heavy (non-hydrogen) atoms. The lowest BCUT2D eigenvalue weighted by molar-refractivity contribution is 0.940. The zero-order valence-electron chi connectivity index (χ0n) is 6.06. The summed E-state index contributed by atoms with van der Waals surface area (Å²) in [6, 6.07) is 4.43. The summed E-state index contributed by atoms with van der Waals surface area (Å²) in [6.07, 6.45) is 2.49. The third-order valence-corrected chi connectivity index (χ3v) is 3.47. The van der Waals surface area contributed by atoms with Crippen molar-refractivity contribution in [2.75, 3.05) is 0 Å². The molecule has 0 nitrogen and oxygen atoms in total. The third kappa shape index (κ3) is 2.10. The highest BCUT2D eigenvalue weighted by Crippen LogP contribution is 2.19. The summed E-state index contributed by atoms with van der Waals surface area (Å²) in [7, 11) is 0. The van der Waals surface area contributed by atoms with Gasteiger partial charge in [0.15, 0.2) is 0 Å². The first-order valence-corrected chi connectivity index (χ1v) is 5.44. The predicted octanol–water partition coefficient (Wildman–Crippen LogP) is 3.60. The molecule has 0 amide bonds. The number of aryl methyl sites for hydroxylation is 1. The lowest BCUT2D eigenvalue weighted by Crippen LogP contribution is -1.71. The van der Waals surface area contributed by atoms with Gasteiger partial charge in [-0.25, -0.2) is 0 Å². The monoisotopic (exact) mass is 218 g/mol. The minimum atomic E-state index is 1.00. The number of thiophene rings is 1. The molecule has 0 N–H and O–H groups in total. The largest absolute Gasteiger partial charge is 0.145 e. The molecular formula is C8H11BrS. The molecule has 1 heterocycles. The van der Waals surface area contributed by atoms with Crippen molar-refractivity contribution in [2.45, 2.75) is 25.1 Å². The van der Waals surface area contributed by atoms with Gasteiger partial charge in [-0.1, -0.05) is 29.3 Å². The van der Waals surface area contributed by atoms with E-state index in [0.717, 1.165) is 5.33 Å². The number of halogens is 1. The van der Waals surface area contributed by atoms with Crippen LogP contribution >= 0.6 is 27.3 Å². The highest BCUT2D eigenvalue weighted by atomic mass is 79.9. The van der Waals surface area contributed by atoms with Crippen molar-refractivity contribution in [3.63, 3.8) is 0 Å². The summed E-state index contributed by atoms with van der Waals surface area (Å²) in [5.74, 6) is 0. The van der Waals surface area contributed by atoms with E-state index in [-0.39, 0.29) is 0 Å². The van der Waals surface area contributed by atoms with Gasteiger partial charge >= 0.3 is 0 Å². The van der Waals surface area contributed by atoms with Crippen LogP contribution in [0.3, 0.4) is 0 Å². The molecule has 0 unspecified atom stereocenters. The molecule has 0 aliphatic rings. The summed E-state index contributed by atoms with van der Waals surface area (Å²) in [4.78, 5) is 2.94. The molecule has 0 spiro atoms. The van der Waals surface area contributed by atoms with Gasteiger partial charge in [-0.05, 0) is 18.6 Å². The zero-order chi connectivity index (χ0) is 7.40. The average Bonchev–Trinajstić information content (AvgIpc) is 2.37. The maximum Gasteiger partial charge on any atom is 0.0377 e. The maximum atomic E-state index is 3.43. The first-order chi connectivity index (χ1) is 4.86. The Balaban J connectivity index is 2.59. The van der Waals surface area contributed by atoms with Crippen LogP contribution in [-0.4, -0.2) is 0 Å². The Hall–Kier alpha value is 0.180. The van der Waals surface area contributed by atoms with E-state index in [1.54, 1.807) is 0 Å². The molecule has 0 aliphatic carbocycles. The molecule has 1 aromatic heterocycles. The SMILES string of the molecule is CCCc1ccc(CBr)s1. The molecule has 2 heteroatoms. The quantitative estimate of drug-likeness (QED) is 0.681. The van der Waals surface area contributed by atoms with Gasteiger partial charge in [0.2, 0.25) is 0 Å².